The minimum Gasteiger partial charge on any atom is -0.405 e. The number of para-hydroxylation sites is 1. The molecule has 0 radical (unpaired) electrons. The van der Waals surface area contributed by atoms with Crippen molar-refractivity contribution >= 4 is 11.8 Å². The Morgan fingerprint density at radius 3 is 2.42 bits per heavy atom. The van der Waals surface area contributed by atoms with Crippen LogP contribution >= 0.6 is 0 Å². The Morgan fingerprint density at radius 2 is 1.69 bits per heavy atom. The molecule has 4 N–H and O–H groups in total. The number of benzene rings is 1. The smallest absolute Gasteiger partial charge is 0.405 e. The molecule has 260 valence electrons. The molecule has 3 unspecified atom stereocenters. The van der Waals surface area contributed by atoms with E-state index in [0.29, 0.717) is 46.9 Å². The van der Waals surface area contributed by atoms with Crippen LogP contribution in [0.3, 0.4) is 0 Å². The van der Waals surface area contributed by atoms with Gasteiger partial charge in [-0.25, -0.2) is 4.98 Å². The summed E-state index contributed by atoms with van der Waals surface area (Å²) in [5, 5.41) is 24.3. The van der Waals surface area contributed by atoms with Gasteiger partial charge in [0.1, 0.15) is 23.2 Å². The zero-order valence-electron chi connectivity index (χ0n) is 27.5. The van der Waals surface area contributed by atoms with Gasteiger partial charge in [-0.05, 0) is 112 Å². The van der Waals surface area contributed by atoms with E-state index in [1.165, 1.54) is 76.1 Å². The summed E-state index contributed by atoms with van der Waals surface area (Å²) in [6, 6.07) is 10.1. The lowest BCUT2D eigenvalue weighted by Crippen LogP contribution is -2.60. The van der Waals surface area contributed by atoms with Crippen LogP contribution in [-0.2, 0) is 11.3 Å². The number of ether oxygens (including phenoxy) is 2. The maximum Gasteiger partial charge on any atom is 0.573 e. The second-order valence-corrected chi connectivity index (χ2v) is 15.1. The van der Waals surface area contributed by atoms with Gasteiger partial charge in [-0.1, -0.05) is 18.2 Å². The molecule has 5 aliphatic carbocycles. The third kappa shape index (κ3) is 8.01. The van der Waals surface area contributed by atoms with Crippen molar-refractivity contribution in [2.24, 2.45) is 29.1 Å². The summed E-state index contributed by atoms with van der Waals surface area (Å²) in [5.74, 6) is 3.31. The normalized spacial score (nSPS) is 31.7. The molecule has 5 saturated carbocycles. The van der Waals surface area contributed by atoms with Gasteiger partial charge in [0.25, 0.3) is 0 Å². The standard InChI is InChI=1S/C36H48F3N7O2/c37-36(38,39)48-31-4-2-1-3-25(31)20-42-34-43-21-28(18-40)33(46-34)44-22-35-15-24-13-26(16-35)32(27(14-24)17-35)41-19-23-5-7-29(8-6-23)45-30-9-11-47-12-10-30/h1-4,21,23-24,26-27,29-30,32,41,45H,5-17,19-20,22H2,(H2,42,43,44,46)/t23?,24?,26-,27+,29?,32?,35?. The van der Waals surface area contributed by atoms with Gasteiger partial charge in [0.15, 0.2) is 0 Å². The Bertz CT molecular complexity index is 1420. The molecule has 1 aliphatic heterocycles. The van der Waals surface area contributed by atoms with Gasteiger partial charge in [-0.3, -0.25) is 0 Å². The molecule has 2 heterocycles. The first kappa shape index (κ1) is 33.4. The van der Waals surface area contributed by atoms with Gasteiger partial charge in [0, 0.05) is 50.0 Å². The molecule has 1 aromatic heterocycles. The van der Waals surface area contributed by atoms with Gasteiger partial charge in [0.05, 0.1) is 6.20 Å². The zero-order chi connectivity index (χ0) is 33.1. The van der Waals surface area contributed by atoms with E-state index in [0.717, 1.165) is 51.0 Å². The lowest BCUT2D eigenvalue weighted by molar-refractivity contribution is -0.274. The molecule has 5 atom stereocenters. The lowest BCUT2D eigenvalue weighted by Gasteiger charge is -2.60. The summed E-state index contributed by atoms with van der Waals surface area (Å²) in [4.78, 5) is 8.81. The van der Waals surface area contributed by atoms with Crippen LogP contribution in [0.5, 0.6) is 5.75 Å². The van der Waals surface area contributed by atoms with Crippen molar-refractivity contribution in [2.45, 2.75) is 102 Å². The molecule has 0 amide bonds. The monoisotopic (exact) mass is 667 g/mol. The number of hydrogen-bond donors (Lipinski definition) is 4. The van der Waals surface area contributed by atoms with Gasteiger partial charge in [-0.15, -0.1) is 13.2 Å². The predicted octanol–water partition coefficient (Wildman–Crippen LogP) is 6.38. The van der Waals surface area contributed by atoms with Gasteiger partial charge < -0.3 is 30.7 Å². The molecule has 1 aromatic carbocycles. The highest BCUT2D eigenvalue weighted by atomic mass is 19.4. The molecule has 12 heteroatoms. The van der Waals surface area contributed by atoms with E-state index in [9.17, 15) is 18.4 Å². The number of aromatic nitrogens is 2. The summed E-state index contributed by atoms with van der Waals surface area (Å²) in [5.41, 5.74) is 0.856. The van der Waals surface area contributed by atoms with E-state index < -0.39 is 6.36 Å². The van der Waals surface area contributed by atoms with Crippen LogP contribution in [0.2, 0.25) is 0 Å². The first-order chi connectivity index (χ1) is 23.2. The molecular weight excluding hydrogens is 619 g/mol. The van der Waals surface area contributed by atoms with Crippen molar-refractivity contribution in [3.05, 3.63) is 41.6 Å². The molecule has 8 rings (SSSR count). The molecule has 48 heavy (non-hydrogen) atoms. The molecule has 9 nitrogen and oxygen atoms in total. The maximum atomic E-state index is 12.9. The Balaban J connectivity index is 0.915. The van der Waals surface area contributed by atoms with Crippen molar-refractivity contribution in [3.63, 3.8) is 0 Å². The summed E-state index contributed by atoms with van der Waals surface area (Å²) >= 11 is 0. The van der Waals surface area contributed by atoms with Gasteiger partial charge in [0.2, 0.25) is 5.95 Å². The van der Waals surface area contributed by atoms with Crippen LogP contribution in [0.25, 0.3) is 0 Å². The summed E-state index contributed by atoms with van der Waals surface area (Å²) in [7, 11) is 0. The molecule has 1 saturated heterocycles. The Hall–Kier alpha value is -3.14. The van der Waals surface area contributed by atoms with Crippen LogP contribution in [-0.4, -0.2) is 60.8 Å². The van der Waals surface area contributed by atoms with Crippen molar-refractivity contribution in [1.29, 1.82) is 5.26 Å². The molecule has 4 bridgehead atoms. The van der Waals surface area contributed by atoms with E-state index in [-0.39, 0.29) is 23.7 Å². The summed E-state index contributed by atoms with van der Waals surface area (Å²) in [6.07, 6.45) is 10.3. The Labute approximate surface area is 281 Å². The fourth-order valence-corrected chi connectivity index (χ4v) is 9.78. The van der Waals surface area contributed by atoms with Gasteiger partial charge in [-0.2, -0.15) is 10.2 Å². The van der Waals surface area contributed by atoms with Crippen molar-refractivity contribution in [1.82, 2.24) is 20.6 Å². The molecule has 2 aromatic rings. The molecule has 6 aliphatic rings. The van der Waals surface area contributed by atoms with E-state index >= 15 is 0 Å². The fraction of sp³-hybridized carbons (Fsp3) is 0.694. The molecule has 0 spiro atoms. The van der Waals surface area contributed by atoms with Crippen molar-refractivity contribution < 1.29 is 22.6 Å². The average Bonchev–Trinajstić information content (AvgIpc) is 3.07. The second-order valence-electron chi connectivity index (χ2n) is 15.1. The highest BCUT2D eigenvalue weighted by Crippen LogP contribution is 2.60. The predicted molar refractivity (Wildman–Crippen MR) is 176 cm³/mol. The average molecular weight is 668 g/mol. The first-order valence-corrected chi connectivity index (χ1v) is 17.9. The number of halogens is 3. The second kappa shape index (κ2) is 14.4. The third-order valence-corrected chi connectivity index (χ3v) is 11.8. The molecular formula is C36H48F3N7O2. The van der Waals surface area contributed by atoms with E-state index in [4.69, 9.17) is 4.74 Å². The summed E-state index contributed by atoms with van der Waals surface area (Å²) in [6.45, 7) is 3.71. The fourth-order valence-electron chi connectivity index (χ4n) is 9.78. The minimum atomic E-state index is -4.78. The summed E-state index contributed by atoms with van der Waals surface area (Å²) < 4.78 is 48.3. The number of nitrogens with zero attached hydrogens (tertiary/aromatic N) is 3. The SMILES string of the molecule is N#Cc1cnc(NCc2ccccc2OC(F)(F)F)nc1NCC12CC3C[C@H](C1)C(NCC1CCC(NC4CCOCC4)CC1)[C@@H](C3)C2. The molecule has 6 fully saturated rings. The van der Waals surface area contributed by atoms with Crippen LogP contribution in [0.1, 0.15) is 81.8 Å². The topological polar surface area (TPSA) is 116 Å². The highest BCUT2D eigenvalue weighted by Gasteiger charge is 2.55. The van der Waals surface area contributed by atoms with Crippen LogP contribution in [0.4, 0.5) is 24.9 Å². The number of alkyl halides is 3. The van der Waals surface area contributed by atoms with E-state index in [2.05, 4.69) is 42.0 Å². The van der Waals surface area contributed by atoms with E-state index in [1.807, 2.05) is 0 Å². The van der Waals surface area contributed by atoms with Crippen LogP contribution < -0.4 is 26.0 Å². The number of nitrogens with one attached hydrogen (secondary N) is 4. The Kier molecular flexibility index (Phi) is 9.99. The van der Waals surface area contributed by atoms with E-state index in [1.54, 1.807) is 12.1 Å². The highest BCUT2D eigenvalue weighted by molar-refractivity contribution is 5.53. The first-order valence-electron chi connectivity index (χ1n) is 17.9. The minimum absolute atomic E-state index is 0.0373. The lowest BCUT2D eigenvalue weighted by atomic mass is 9.48. The number of anilines is 2. The van der Waals surface area contributed by atoms with Crippen LogP contribution in [0.15, 0.2) is 30.5 Å². The number of nitriles is 1. The quantitative estimate of drug-likeness (QED) is 0.205. The van der Waals surface area contributed by atoms with Crippen LogP contribution in [0, 0.1) is 40.4 Å². The van der Waals surface area contributed by atoms with Crippen molar-refractivity contribution in [3.8, 4) is 11.8 Å². The Morgan fingerprint density at radius 1 is 0.958 bits per heavy atom. The number of hydrogen-bond acceptors (Lipinski definition) is 9. The zero-order valence-corrected chi connectivity index (χ0v) is 27.5. The maximum absolute atomic E-state index is 12.9. The number of rotatable bonds is 12. The largest absolute Gasteiger partial charge is 0.573 e. The third-order valence-electron chi connectivity index (χ3n) is 11.8. The van der Waals surface area contributed by atoms with Gasteiger partial charge >= 0.3 is 6.36 Å². The van der Waals surface area contributed by atoms with Crippen molar-refractivity contribution in [2.75, 3.05) is 36.9 Å².